The summed E-state index contributed by atoms with van der Waals surface area (Å²) in [6.07, 6.45) is 0.628. The van der Waals surface area contributed by atoms with Crippen LogP contribution in [0.5, 0.6) is 5.75 Å². The van der Waals surface area contributed by atoms with Crippen LogP contribution in [0.2, 0.25) is 0 Å². The minimum absolute atomic E-state index is 0.166. The maximum absolute atomic E-state index is 13.9. The van der Waals surface area contributed by atoms with Crippen LogP contribution in [0.15, 0.2) is 71.5 Å². The standard InChI is InChI=1S/C30H33N3O4/c1-20-15-16-26(21(2)19-20)33-28(31-25-13-8-6-11-23(25)30(33)35)22(3)32(17-10-18-36-4)29(34)24-12-7-9-14-27(24)37-5/h6-9,11-16,19,22H,10,17-18H2,1-5H3. The van der Waals surface area contributed by atoms with Crippen LogP contribution in [0.1, 0.15) is 46.7 Å². The number of nitrogens with zero attached hydrogens (tertiary/aromatic N) is 3. The Labute approximate surface area is 217 Å². The zero-order valence-corrected chi connectivity index (χ0v) is 22.0. The van der Waals surface area contributed by atoms with E-state index in [-0.39, 0.29) is 11.5 Å². The van der Waals surface area contributed by atoms with Gasteiger partial charge in [0.2, 0.25) is 0 Å². The summed E-state index contributed by atoms with van der Waals surface area (Å²) in [5.41, 5.74) is 3.69. The molecule has 1 heterocycles. The molecular weight excluding hydrogens is 466 g/mol. The molecule has 7 nitrogen and oxygen atoms in total. The molecule has 37 heavy (non-hydrogen) atoms. The number of methoxy groups -OCH3 is 2. The lowest BCUT2D eigenvalue weighted by atomic mass is 10.1. The monoisotopic (exact) mass is 499 g/mol. The van der Waals surface area contributed by atoms with Crippen molar-refractivity contribution in [2.45, 2.75) is 33.2 Å². The second kappa shape index (κ2) is 11.4. The summed E-state index contributed by atoms with van der Waals surface area (Å²) < 4.78 is 12.4. The number of hydrogen-bond donors (Lipinski definition) is 0. The van der Waals surface area contributed by atoms with Gasteiger partial charge in [0.25, 0.3) is 11.5 Å². The third-order valence-corrected chi connectivity index (χ3v) is 6.58. The number of carbonyl (C=O) groups is 1. The van der Waals surface area contributed by atoms with E-state index >= 15 is 0 Å². The van der Waals surface area contributed by atoms with E-state index in [1.807, 2.05) is 69.3 Å². The highest BCUT2D eigenvalue weighted by molar-refractivity contribution is 5.97. The van der Waals surface area contributed by atoms with Gasteiger partial charge in [0.05, 0.1) is 35.3 Å². The molecule has 0 saturated carbocycles. The Bertz CT molecular complexity index is 1480. The molecule has 1 amide bonds. The lowest BCUT2D eigenvalue weighted by Crippen LogP contribution is -2.38. The van der Waals surface area contributed by atoms with E-state index in [9.17, 15) is 9.59 Å². The fourth-order valence-corrected chi connectivity index (χ4v) is 4.68. The van der Waals surface area contributed by atoms with E-state index in [0.717, 1.165) is 16.8 Å². The number of amides is 1. The molecule has 0 saturated heterocycles. The molecule has 3 aromatic carbocycles. The number of aromatic nitrogens is 2. The third-order valence-electron chi connectivity index (χ3n) is 6.58. The summed E-state index contributed by atoms with van der Waals surface area (Å²) in [5.74, 6) is 0.793. The van der Waals surface area contributed by atoms with Crippen LogP contribution >= 0.6 is 0 Å². The molecule has 1 aromatic heterocycles. The first-order valence-electron chi connectivity index (χ1n) is 12.4. The Kier molecular flexibility index (Phi) is 8.04. The topological polar surface area (TPSA) is 73.7 Å². The molecule has 0 spiro atoms. The third kappa shape index (κ3) is 5.27. The number of aryl methyl sites for hydroxylation is 2. The fraction of sp³-hybridized carbons (Fsp3) is 0.300. The predicted octanol–water partition coefficient (Wildman–Crippen LogP) is 5.25. The zero-order chi connectivity index (χ0) is 26.5. The van der Waals surface area contributed by atoms with Gasteiger partial charge in [-0.2, -0.15) is 0 Å². The normalized spacial score (nSPS) is 11.9. The molecule has 0 aliphatic rings. The number of fused-ring (bicyclic) bond motifs is 1. The van der Waals surface area contributed by atoms with Crippen molar-refractivity contribution in [1.29, 1.82) is 0 Å². The molecular formula is C30H33N3O4. The average Bonchev–Trinajstić information content (AvgIpc) is 2.91. The maximum atomic E-state index is 13.9. The molecule has 7 heteroatoms. The number of benzene rings is 3. The van der Waals surface area contributed by atoms with E-state index in [1.54, 1.807) is 41.9 Å². The van der Waals surface area contributed by atoms with Gasteiger partial charge in [-0.3, -0.25) is 14.2 Å². The zero-order valence-electron chi connectivity index (χ0n) is 22.0. The molecule has 0 aliphatic carbocycles. The Morgan fingerprint density at radius 2 is 1.76 bits per heavy atom. The molecule has 0 aliphatic heterocycles. The molecule has 192 valence electrons. The van der Waals surface area contributed by atoms with Crippen molar-refractivity contribution in [1.82, 2.24) is 14.5 Å². The number of hydrogen-bond acceptors (Lipinski definition) is 5. The van der Waals surface area contributed by atoms with Gasteiger partial charge < -0.3 is 14.4 Å². The van der Waals surface area contributed by atoms with Gasteiger partial charge in [0.15, 0.2) is 0 Å². The first-order valence-corrected chi connectivity index (χ1v) is 12.4. The largest absolute Gasteiger partial charge is 0.496 e. The highest BCUT2D eigenvalue weighted by Gasteiger charge is 2.29. The van der Waals surface area contributed by atoms with Gasteiger partial charge in [-0.15, -0.1) is 0 Å². The van der Waals surface area contributed by atoms with Crippen LogP contribution in [0.25, 0.3) is 16.6 Å². The molecule has 0 N–H and O–H groups in total. The van der Waals surface area contributed by atoms with Crippen LogP contribution in [0.4, 0.5) is 0 Å². The summed E-state index contributed by atoms with van der Waals surface area (Å²) in [6.45, 7) is 6.83. The van der Waals surface area contributed by atoms with Crippen molar-refractivity contribution in [3.8, 4) is 11.4 Å². The Hall–Kier alpha value is -3.97. The number of ether oxygens (including phenoxy) is 2. The summed E-state index contributed by atoms with van der Waals surface area (Å²) in [6, 6.07) is 19.9. The second-order valence-corrected chi connectivity index (χ2v) is 9.14. The lowest BCUT2D eigenvalue weighted by molar-refractivity contribution is 0.0654. The van der Waals surface area contributed by atoms with Crippen LogP contribution in [0.3, 0.4) is 0 Å². The summed E-state index contributed by atoms with van der Waals surface area (Å²) in [5, 5.41) is 0.528. The quantitative estimate of drug-likeness (QED) is 0.294. The fourth-order valence-electron chi connectivity index (χ4n) is 4.68. The molecule has 0 bridgehead atoms. The van der Waals surface area contributed by atoms with Crippen molar-refractivity contribution >= 4 is 16.8 Å². The second-order valence-electron chi connectivity index (χ2n) is 9.14. The number of rotatable bonds is 9. The first-order chi connectivity index (χ1) is 17.9. The molecule has 1 atom stereocenters. The average molecular weight is 500 g/mol. The van der Waals surface area contributed by atoms with Crippen molar-refractivity contribution in [3.05, 3.63) is 99.6 Å². The van der Waals surface area contributed by atoms with Crippen molar-refractivity contribution in [2.75, 3.05) is 27.4 Å². The van der Waals surface area contributed by atoms with E-state index in [2.05, 4.69) is 0 Å². The van der Waals surface area contributed by atoms with Crippen LogP contribution < -0.4 is 10.3 Å². The van der Waals surface area contributed by atoms with E-state index in [1.165, 1.54) is 0 Å². The number of para-hydroxylation sites is 2. The van der Waals surface area contributed by atoms with Gasteiger partial charge in [-0.05, 0) is 63.1 Å². The SMILES string of the molecule is COCCCN(C(=O)c1ccccc1OC)C(C)c1nc2ccccc2c(=O)n1-c1ccc(C)cc1C. The van der Waals surface area contributed by atoms with Gasteiger partial charge in [-0.1, -0.05) is 42.0 Å². The highest BCUT2D eigenvalue weighted by Crippen LogP contribution is 2.28. The van der Waals surface area contributed by atoms with Gasteiger partial charge in [-0.25, -0.2) is 4.98 Å². The van der Waals surface area contributed by atoms with Crippen molar-refractivity contribution in [2.24, 2.45) is 0 Å². The van der Waals surface area contributed by atoms with Gasteiger partial charge in [0, 0.05) is 20.3 Å². The maximum Gasteiger partial charge on any atom is 0.266 e. The smallest absolute Gasteiger partial charge is 0.266 e. The van der Waals surface area contributed by atoms with Crippen molar-refractivity contribution < 1.29 is 14.3 Å². The number of carbonyl (C=O) groups excluding carboxylic acids is 1. The molecule has 1 unspecified atom stereocenters. The highest BCUT2D eigenvalue weighted by atomic mass is 16.5. The van der Waals surface area contributed by atoms with Crippen LogP contribution in [-0.4, -0.2) is 47.7 Å². The Morgan fingerprint density at radius 1 is 1.03 bits per heavy atom. The van der Waals surface area contributed by atoms with Crippen molar-refractivity contribution in [3.63, 3.8) is 0 Å². The Balaban J connectivity index is 1.92. The lowest BCUT2D eigenvalue weighted by Gasteiger charge is -2.31. The van der Waals surface area contributed by atoms with E-state index in [4.69, 9.17) is 14.5 Å². The summed E-state index contributed by atoms with van der Waals surface area (Å²) in [4.78, 5) is 34.5. The first kappa shape index (κ1) is 26.1. The summed E-state index contributed by atoms with van der Waals surface area (Å²) >= 11 is 0. The van der Waals surface area contributed by atoms with E-state index in [0.29, 0.717) is 47.6 Å². The van der Waals surface area contributed by atoms with Crippen LogP contribution in [0, 0.1) is 13.8 Å². The minimum atomic E-state index is -0.521. The summed E-state index contributed by atoms with van der Waals surface area (Å²) in [7, 11) is 3.19. The van der Waals surface area contributed by atoms with Gasteiger partial charge in [0.1, 0.15) is 11.6 Å². The van der Waals surface area contributed by atoms with Gasteiger partial charge >= 0.3 is 0 Å². The Morgan fingerprint density at radius 3 is 2.49 bits per heavy atom. The molecule has 4 rings (SSSR count). The minimum Gasteiger partial charge on any atom is -0.496 e. The molecule has 0 fully saturated rings. The molecule has 4 aromatic rings. The molecule has 0 radical (unpaired) electrons. The predicted molar refractivity (Wildman–Crippen MR) is 146 cm³/mol. The van der Waals surface area contributed by atoms with Crippen LogP contribution in [-0.2, 0) is 4.74 Å². The van der Waals surface area contributed by atoms with E-state index < -0.39 is 6.04 Å².